The monoisotopic (exact) mass is 786 g/mol. The van der Waals surface area contributed by atoms with Crippen molar-refractivity contribution in [3.8, 4) is 0 Å². The normalized spacial score (nSPS) is 11.4. The van der Waals surface area contributed by atoms with E-state index in [2.05, 4.69) is 95.6 Å². The van der Waals surface area contributed by atoms with Gasteiger partial charge >= 0.3 is 17.9 Å². The van der Waals surface area contributed by atoms with E-state index in [1.807, 2.05) is 0 Å². The molecule has 0 rings (SSSR count). The SMILES string of the molecule is O=C(OCCC[NH+](CCCOC(=O)C(Br)Br)CCCOC(=O)C(Br)Br)C(Br)Br. The summed E-state index contributed by atoms with van der Waals surface area (Å²) in [7, 11) is 0. The second-order valence-electron chi connectivity index (χ2n) is 5.47. The molecular formula is C15H22Br6NO6+. The number of ether oxygens (including phenoxy) is 3. The van der Waals surface area contributed by atoms with Crippen LogP contribution < -0.4 is 4.90 Å². The van der Waals surface area contributed by atoms with Crippen LogP contribution in [0.15, 0.2) is 0 Å². The molecule has 0 aliphatic carbocycles. The highest BCUT2D eigenvalue weighted by atomic mass is 79.9. The summed E-state index contributed by atoms with van der Waals surface area (Å²) in [4.78, 5) is 35.5. The second-order valence-corrected chi connectivity index (χ2v) is 14.6. The van der Waals surface area contributed by atoms with Crippen molar-refractivity contribution in [2.75, 3.05) is 39.5 Å². The molecule has 0 atom stereocenters. The molecule has 0 saturated heterocycles. The predicted octanol–water partition coefficient (Wildman–Crippen LogP) is 3.02. The Labute approximate surface area is 215 Å². The number of carbonyl (C=O) groups excluding carboxylic acids is 3. The van der Waals surface area contributed by atoms with Gasteiger partial charge in [-0.1, -0.05) is 95.6 Å². The molecule has 1 N–H and O–H groups in total. The number of carbonyl (C=O) groups is 3. The third kappa shape index (κ3) is 16.0. The van der Waals surface area contributed by atoms with Crippen LogP contribution in [-0.2, 0) is 28.6 Å². The highest BCUT2D eigenvalue weighted by Gasteiger charge is 2.16. The number of halogens is 6. The second kappa shape index (κ2) is 17.9. The van der Waals surface area contributed by atoms with Gasteiger partial charge in [-0.3, -0.25) is 0 Å². The summed E-state index contributed by atoms with van der Waals surface area (Å²) in [5, 5.41) is 0. The Kier molecular flexibility index (Phi) is 18.7. The third-order valence-electron chi connectivity index (χ3n) is 3.29. The van der Waals surface area contributed by atoms with Crippen LogP contribution in [0.4, 0.5) is 0 Å². The van der Waals surface area contributed by atoms with Crippen LogP contribution in [0.2, 0.25) is 0 Å². The maximum absolute atomic E-state index is 11.4. The number of nitrogens with one attached hydrogen (secondary N) is 1. The summed E-state index contributed by atoms with van der Waals surface area (Å²) in [6.07, 6.45) is 2.09. The molecule has 0 heterocycles. The van der Waals surface area contributed by atoms with Gasteiger partial charge in [-0.25, -0.2) is 14.4 Å². The zero-order valence-corrected chi connectivity index (χ0v) is 24.3. The first-order chi connectivity index (χ1) is 13.1. The fourth-order valence-corrected chi connectivity index (χ4v) is 2.84. The molecule has 7 nitrogen and oxygen atoms in total. The van der Waals surface area contributed by atoms with Gasteiger partial charge in [-0.2, -0.15) is 0 Å². The molecular weight excluding hydrogens is 770 g/mol. The first-order valence-electron chi connectivity index (χ1n) is 8.33. The smallest absolute Gasteiger partial charge is 0.330 e. The molecule has 0 saturated carbocycles. The summed E-state index contributed by atoms with van der Waals surface area (Å²) >= 11 is 18.5. The van der Waals surface area contributed by atoms with E-state index in [4.69, 9.17) is 14.2 Å². The van der Waals surface area contributed by atoms with Crippen LogP contribution in [0.25, 0.3) is 0 Å². The molecule has 0 radical (unpaired) electrons. The highest BCUT2D eigenvalue weighted by Crippen LogP contribution is 2.10. The van der Waals surface area contributed by atoms with Crippen molar-refractivity contribution < 1.29 is 33.5 Å². The van der Waals surface area contributed by atoms with E-state index in [0.29, 0.717) is 39.1 Å². The third-order valence-corrected chi connectivity index (χ3v) is 5.53. The fraction of sp³-hybridized carbons (Fsp3) is 0.800. The van der Waals surface area contributed by atoms with E-state index in [9.17, 15) is 14.4 Å². The Hall–Kier alpha value is 1.25. The van der Waals surface area contributed by atoms with Gasteiger partial charge in [-0.05, 0) is 0 Å². The van der Waals surface area contributed by atoms with Crippen LogP contribution in [0, 0.1) is 0 Å². The van der Waals surface area contributed by atoms with Crippen molar-refractivity contribution in [3.63, 3.8) is 0 Å². The van der Waals surface area contributed by atoms with Crippen molar-refractivity contribution in [2.45, 2.75) is 30.5 Å². The van der Waals surface area contributed by atoms with E-state index in [1.54, 1.807) is 0 Å². The number of esters is 3. The summed E-state index contributed by atoms with van der Waals surface area (Å²) in [6, 6.07) is 0. The lowest BCUT2D eigenvalue weighted by atomic mass is 10.3. The largest absolute Gasteiger partial charge is 0.464 e. The number of rotatable bonds is 15. The van der Waals surface area contributed by atoms with Crippen LogP contribution in [0.5, 0.6) is 0 Å². The standard InChI is InChI=1S/C15H21Br6NO6/c16-10(17)13(23)26-7-1-4-22(5-2-8-27-14(24)11(18)19)6-3-9-28-15(25)12(20)21/h10-12H,1-9H2/p+1. The van der Waals surface area contributed by atoms with Crippen LogP contribution >= 0.6 is 95.6 Å². The molecule has 0 aliphatic rings. The number of hydrogen-bond acceptors (Lipinski definition) is 6. The van der Waals surface area contributed by atoms with E-state index >= 15 is 0 Å². The van der Waals surface area contributed by atoms with E-state index in [1.165, 1.54) is 4.90 Å². The van der Waals surface area contributed by atoms with Crippen molar-refractivity contribution in [1.29, 1.82) is 0 Å². The molecule has 0 bridgehead atoms. The average molecular weight is 792 g/mol. The molecule has 13 heteroatoms. The Morgan fingerprint density at radius 1 is 0.571 bits per heavy atom. The molecule has 0 fully saturated rings. The molecule has 0 aliphatic heterocycles. The van der Waals surface area contributed by atoms with Gasteiger partial charge in [0.15, 0.2) is 11.2 Å². The molecule has 28 heavy (non-hydrogen) atoms. The van der Waals surface area contributed by atoms with Gasteiger partial charge in [-0.15, -0.1) is 0 Å². The van der Waals surface area contributed by atoms with Crippen molar-refractivity contribution in [1.82, 2.24) is 0 Å². The lowest BCUT2D eigenvalue weighted by Crippen LogP contribution is -3.12. The van der Waals surface area contributed by atoms with Gasteiger partial charge in [0.25, 0.3) is 0 Å². The molecule has 0 aromatic heterocycles. The van der Waals surface area contributed by atoms with Crippen LogP contribution in [0.3, 0.4) is 0 Å². The average Bonchev–Trinajstić information content (AvgIpc) is 2.63. The summed E-state index contributed by atoms with van der Waals surface area (Å²) < 4.78 is 13.8. The summed E-state index contributed by atoms with van der Waals surface area (Å²) in [5.74, 6) is -1.09. The molecule has 0 spiro atoms. The van der Waals surface area contributed by atoms with Crippen LogP contribution in [-0.4, -0.2) is 68.6 Å². The van der Waals surface area contributed by atoms with Crippen molar-refractivity contribution >= 4 is 113 Å². The zero-order chi connectivity index (χ0) is 21.5. The Bertz CT molecular complexity index is 413. The minimum Gasteiger partial charge on any atom is -0.464 e. The van der Waals surface area contributed by atoms with Gasteiger partial charge in [0.1, 0.15) is 0 Å². The lowest BCUT2D eigenvalue weighted by Gasteiger charge is -2.20. The Balaban J connectivity index is 4.23. The first-order valence-corrected chi connectivity index (χ1v) is 13.8. The van der Waals surface area contributed by atoms with Gasteiger partial charge in [0.05, 0.1) is 39.5 Å². The Morgan fingerprint density at radius 3 is 1.04 bits per heavy atom. The molecule has 0 unspecified atom stereocenters. The highest BCUT2D eigenvalue weighted by molar-refractivity contribution is 9.25. The first kappa shape index (κ1) is 29.2. The Morgan fingerprint density at radius 2 is 0.821 bits per heavy atom. The maximum Gasteiger partial charge on any atom is 0.330 e. The number of alkyl halides is 6. The van der Waals surface area contributed by atoms with Crippen LogP contribution in [0.1, 0.15) is 19.3 Å². The van der Waals surface area contributed by atoms with E-state index in [-0.39, 0.29) is 17.9 Å². The van der Waals surface area contributed by atoms with E-state index in [0.717, 1.165) is 19.6 Å². The summed E-state index contributed by atoms with van der Waals surface area (Å²) in [5.41, 5.74) is 0. The lowest BCUT2D eigenvalue weighted by molar-refractivity contribution is -0.900. The van der Waals surface area contributed by atoms with Gasteiger partial charge in [0.2, 0.25) is 0 Å². The minimum absolute atomic E-state index is 0.323. The molecule has 0 aromatic rings. The predicted molar refractivity (Wildman–Crippen MR) is 127 cm³/mol. The van der Waals surface area contributed by atoms with E-state index < -0.39 is 11.2 Å². The number of quaternary nitrogens is 1. The fourth-order valence-electron chi connectivity index (χ4n) is 2.05. The maximum atomic E-state index is 11.4. The molecule has 0 aromatic carbocycles. The summed E-state index contributed by atoms with van der Waals surface area (Å²) in [6.45, 7) is 3.31. The molecule has 164 valence electrons. The van der Waals surface area contributed by atoms with Crippen molar-refractivity contribution in [3.05, 3.63) is 0 Å². The minimum atomic E-state index is -0.506. The zero-order valence-electron chi connectivity index (χ0n) is 14.8. The molecule has 0 amide bonds. The van der Waals surface area contributed by atoms with Crippen molar-refractivity contribution in [2.24, 2.45) is 0 Å². The quantitative estimate of drug-likeness (QED) is 0.119. The topological polar surface area (TPSA) is 83.3 Å². The van der Waals surface area contributed by atoms with Gasteiger partial charge in [0, 0.05) is 19.3 Å². The van der Waals surface area contributed by atoms with Gasteiger partial charge < -0.3 is 19.1 Å². The number of hydrogen-bond donors (Lipinski definition) is 1.